The van der Waals surface area contributed by atoms with E-state index < -0.39 is 11.9 Å². The van der Waals surface area contributed by atoms with Gasteiger partial charge < -0.3 is 10.5 Å². The van der Waals surface area contributed by atoms with E-state index in [1.165, 1.54) is 0 Å². The fourth-order valence-electron chi connectivity index (χ4n) is 3.29. The number of esters is 1. The molecule has 1 heterocycles. The number of ether oxygens (including phenoxy) is 1. The zero-order valence-corrected chi connectivity index (χ0v) is 13.4. The molecule has 1 aliphatic rings. The summed E-state index contributed by atoms with van der Waals surface area (Å²) in [6, 6.07) is 20.8. The lowest BCUT2D eigenvalue weighted by atomic mass is 9.91. The second-order valence-corrected chi connectivity index (χ2v) is 5.87. The maximum absolute atomic E-state index is 12.4. The first kappa shape index (κ1) is 15.1. The molecule has 1 aliphatic heterocycles. The van der Waals surface area contributed by atoms with Crippen LogP contribution in [0.2, 0.25) is 0 Å². The number of fused-ring (bicyclic) bond motifs is 1. The van der Waals surface area contributed by atoms with Crippen LogP contribution in [-0.2, 0) is 9.53 Å². The molecule has 25 heavy (non-hydrogen) atoms. The third-order valence-electron chi connectivity index (χ3n) is 4.43. The van der Waals surface area contributed by atoms with Crippen molar-refractivity contribution < 1.29 is 14.3 Å². The van der Waals surface area contributed by atoms with Gasteiger partial charge in [0.25, 0.3) is 0 Å². The summed E-state index contributed by atoms with van der Waals surface area (Å²) in [6.45, 7) is 0.176. The van der Waals surface area contributed by atoms with Crippen molar-refractivity contribution >= 4 is 33.8 Å². The second-order valence-electron chi connectivity index (χ2n) is 5.87. The third kappa shape index (κ3) is 2.48. The monoisotopic (exact) mass is 329 g/mol. The van der Waals surface area contributed by atoms with Gasteiger partial charge in [0.15, 0.2) is 0 Å². The zero-order valence-electron chi connectivity index (χ0n) is 13.4. The molecule has 4 nitrogen and oxygen atoms in total. The Hall–Kier alpha value is -3.40. The summed E-state index contributed by atoms with van der Waals surface area (Å²) in [4.78, 5) is 24.2. The van der Waals surface area contributed by atoms with Crippen LogP contribution in [0.3, 0.4) is 0 Å². The van der Waals surface area contributed by atoms with Crippen molar-refractivity contribution in [1.82, 2.24) is 0 Å². The van der Waals surface area contributed by atoms with E-state index in [9.17, 15) is 9.59 Å². The van der Waals surface area contributed by atoms with Gasteiger partial charge in [0.1, 0.15) is 6.61 Å². The van der Waals surface area contributed by atoms with Crippen molar-refractivity contribution in [1.29, 1.82) is 0 Å². The average Bonchev–Trinajstić information content (AvgIpc) is 3.02. The largest absolute Gasteiger partial charge is 0.457 e. The number of carbonyl (C=O) groups is 2. The van der Waals surface area contributed by atoms with E-state index in [-0.39, 0.29) is 6.61 Å². The maximum Gasteiger partial charge on any atom is 0.339 e. The molecule has 0 bridgehead atoms. The number of rotatable bonds is 3. The Balaban J connectivity index is 2.02. The molecule has 3 aromatic rings. The van der Waals surface area contributed by atoms with Gasteiger partial charge in [0.05, 0.1) is 5.57 Å². The highest BCUT2D eigenvalue weighted by molar-refractivity contribution is 6.30. The van der Waals surface area contributed by atoms with Gasteiger partial charge in [0.2, 0.25) is 5.91 Å². The molecule has 4 rings (SSSR count). The minimum absolute atomic E-state index is 0.176. The number of carbonyl (C=O) groups excluding carboxylic acids is 2. The zero-order chi connectivity index (χ0) is 17.4. The number of cyclic esters (lactones) is 1. The van der Waals surface area contributed by atoms with Gasteiger partial charge in [-0.15, -0.1) is 0 Å². The molecule has 4 heteroatoms. The van der Waals surface area contributed by atoms with E-state index >= 15 is 0 Å². The quantitative estimate of drug-likeness (QED) is 0.749. The van der Waals surface area contributed by atoms with Crippen LogP contribution in [0.1, 0.15) is 21.5 Å². The summed E-state index contributed by atoms with van der Waals surface area (Å²) in [5.41, 5.74) is 8.43. The van der Waals surface area contributed by atoms with Crippen molar-refractivity contribution in [3.8, 4) is 0 Å². The molecule has 0 saturated heterocycles. The Labute approximate surface area is 144 Å². The molecular weight excluding hydrogens is 314 g/mol. The number of amides is 1. The Morgan fingerprint density at radius 2 is 1.56 bits per heavy atom. The Morgan fingerprint density at radius 1 is 0.880 bits per heavy atom. The average molecular weight is 329 g/mol. The van der Waals surface area contributed by atoms with E-state index in [2.05, 4.69) is 0 Å². The van der Waals surface area contributed by atoms with Gasteiger partial charge in [-0.25, -0.2) is 4.79 Å². The summed E-state index contributed by atoms with van der Waals surface area (Å²) in [5, 5.41) is 2.11. The van der Waals surface area contributed by atoms with Crippen molar-refractivity contribution in [3.05, 3.63) is 83.4 Å². The summed E-state index contributed by atoms with van der Waals surface area (Å²) >= 11 is 0. The molecular formula is C21H15NO3. The first-order chi connectivity index (χ1) is 12.2. The molecule has 0 aromatic heterocycles. The number of nitrogens with two attached hydrogens (primary N) is 1. The van der Waals surface area contributed by atoms with Crippen molar-refractivity contribution in [2.24, 2.45) is 5.73 Å². The van der Waals surface area contributed by atoms with E-state index in [0.29, 0.717) is 16.7 Å². The first-order valence-corrected chi connectivity index (χ1v) is 7.94. The molecule has 0 fully saturated rings. The van der Waals surface area contributed by atoms with Gasteiger partial charge in [-0.05, 0) is 22.4 Å². The van der Waals surface area contributed by atoms with E-state index in [0.717, 1.165) is 21.9 Å². The van der Waals surface area contributed by atoms with Crippen LogP contribution in [0.25, 0.3) is 21.9 Å². The third-order valence-corrected chi connectivity index (χ3v) is 4.43. The molecule has 0 aliphatic carbocycles. The van der Waals surface area contributed by atoms with Gasteiger partial charge in [-0.1, -0.05) is 60.7 Å². The number of hydrogen-bond acceptors (Lipinski definition) is 3. The molecule has 122 valence electrons. The van der Waals surface area contributed by atoms with Crippen LogP contribution in [0.4, 0.5) is 0 Å². The van der Waals surface area contributed by atoms with E-state index in [4.69, 9.17) is 10.5 Å². The molecule has 0 atom stereocenters. The Bertz CT molecular complexity index is 1040. The molecule has 0 spiro atoms. The molecule has 2 N–H and O–H groups in total. The summed E-state index contributed by atoms with van der Waals surface area (Å²) in [6.07, 6.45) is 0. The molecule has 0 saturated carbocycles. The van der Waals surface area contributed by atoms with Crippen LogP contribution < -0.4 is 5.73 Å². The number of benzene rings is 3. The lowest BCUT2D eigenvalue weighted by Gasteiger charge is -2.10. The van der Waals surface area contributed by atoms with Gasteiger partial charge >= 0.3 is 5.97 Å². The fraction of sp³-hybridized carbons (Fsp3) is 0.0476. The lowest BCUT2D eigenvalue weighted by molar-refractivity contribution is -0.133. The van der Waals surface area contributed by atoms with Crippen molar-refractivity contribution in [2.75, 3.05) is 6.61 Å². The molecule has 1 amide bonds. The van der Waals surface area contributed by atoms with E-state index in [1.54, 1.807) is 24.3 Å². The van der Waals surface area contributed by atoms with Crippen molar-refractivity contribution in [3.63, 3.8) is 0 Å². The topological polar surface area (TPSA) is 69.4 Å². The van der Waals surface area contributed by atoms with Crippen LogP contribution in [0, 0.1) is 0 Å². The highest BCUT2D eigenvalue weighted by atomic mass is 16.5. The summed E-state index contributed by atoms with van der Waals surface area (Å²) < 4.78 is 5.31. The van der Waals surface area contributed by atoms with Gasteiger partial charge in [0, 0.05) is 16.7 Å². The van der Waals surface area contributed by atoms with Gasteiger partial charge in [-0.2, -0.15) is 0 Å². The highest BCUT2D eigenvalue weighted by Gasteiger charge is 2.30. The predicted molar refractivity (Wildman–Crippen MR) is 96.7 cm³/mol. The summed E-state index contributed by atoms with van der Waals surface area (Å²) in [7, 11) is 0. The predicted octanol–water partition coefficient (Wildman–Crippen LogP) is 3.41. The number of primary amides is 1. The lowest BCUT2D eigenvalue weighted by Crippen LogP contribution is -2.14. The smallest absolute Gasteiger partial charge is 0.339 e. The second kappa shape index (κ2) is 5.91. The molecule has 3 aromatic carbocycles. The number of hydrogen-bond donors (Lipinski definition) is 1. The highest BCUT2D eigenvalue weighted by Crippen LogP contribution is 2.37. The maximum atomic E-state index is 12.4. The fourth-order valence-corrected chi connectivity index (χ4v) is 3.29. The van der Waals surface area contributed by atoms with Gasteiger partial charge in [-0.3, -0.25) is 4.79 Å². The van der Waals surface area contributed by atoms with E-state index in [1.807, 2.05) is 42.5 Å². The van der Waals surface area contributed by atoms with Crippen LogP contribution in [0.15, 0.2) is 66.7 Å². The molecule has 0 unspecified atom stereocenters. The first-order valence-electron chi connectivity index (χ1n) is 7.94. The van der Waals surface area contributed by atoms with Crippen LogP contribution in [0.5, 0.6) is 0 Å². The minimum atomic E-state index is -0.569. The SMILES string of the molecule is NC(=O)c1ccccc1C1=C(c2cccc3ccccc23)COC1=O. The van der Waals surface area contributed by atoms with Crippen molar-refractivity contribution in [2.45, 2.75) is 0 Å². The Kier molecular flexibility index (Phi) is 3.58. The van der Waals surface area contributed by atoms with Crippen LogP contribution in [-0.4, -0.2) is 18.5 Å². The van der Waals surface area contributed by atoms with Crippen LogP contribution >= 0.6 is 0 Å². The molecule has 0 radical (unpaired) electrons. The minimum Gasteiger partial charge on any atom is -0.457 e. The standard InChI is InChI=1S/C21H15NO3/c22-20(23)17-10-4-3-9-16(17)19-18(12-25-21(19)24)15-11-5-7-13-6-1-2-8-14(13)15/h1-11H,12H2,(H2,22,23). The Morgan fingerprint density at radius 3 is 2.40 bits per heavy atom. The summed E-state index contributed by atoms with van der Waals surface area (Å²) in [5.74, 6) is -1.00. The normalized spacial score (nSPS) is 14.0.